The summed E-state index contributed by atoms with van der Waals surface area (Å²) in [7, 11) is 9.79. The van der Waals surface area contributed by atoms with Crippen LogP contribution in [0.25, 0.3) is 22.2 Å². The molecule has 678 valence electrons. The number of hydrogen-bond donors (Lipinski definition) is 7. The number of rotatable bonds is 29. The molecule has 0 bridgehead atoms. The lowest BCUT2D eigenvalue weighted by Crippen LogP contribution is -2.63. The minimum absolute atomic E-state index is 0.0448. The fourth-order valence-corrected chi connectivity index (χ4v) is 15.5. The zero-order valence-corrected chi connectivity index (χ0v) is 77.0. The molecule has 6 rings (SSSR count). The first-order valence-corrected chi connectivity index (χ1v) is 43.4. The molecule has 0 unspecified atom stereocenters. The van der Waals surface area contributed by atoms with Gasteiger partial charge in [0.05, 0.1) is 29.7 Å². The van der Waals surface area contributed by atoms with Crippen molar-refractivity contribution in [3.63, 3.8) is 0 Å². The van der Waals surface area contributed by atoms with Gasteiger partial charge in [0.15, 0.2) is 0 Å². The maximum absolute atomic E-state index is 15.6. The predicted octanol–water partition coefficient (Wildman–Crippen LogP) is 9.93. The number of hydrogen-bond acceptors (Lipinski definition) is 19. The van der Waals surface area contributed by atoms with Crippen molar-refractivity contribution in [1.82, 2.24) is 70.9 Å². The van der Waals surface area contributed by atoms with E-state index in [1.165, 1.54) is 106 Å². The summed E-state index contributed by atoms with van der Waals surface area (Å²) >= 11 is 6.63. The van der Waals surface area contributed by atoms with Crippen LogP contribution in [0, 0.1) is 47.2 Å². The summed E-state index contributed by atoms with van der Waals surface area (Å²) < 4.78 is 25.9. The van der Waals surface area contributed by atoms with Crippen molar-refractivity contribution in [2.45, 2.75) is 255 Å². The van der Waals surface area contributed by atoms with Gasteiger partial charge < -0.3 is 80.5 Å². The molecule has 3 heterocycles. The highest BCUT2D eigenvalue weighted by Gasteiger charge is 2.46. The number of likely N-dealkylation sites (N-methyl/N-ethyl adjacent to an activating group) is 7. The van der Waals surface area contributed by atoms with E-state index in [9.17, 15) is 47.9 Å². The van der Waals surface area contributed by atoms with Crippen molar-refractivity contribution in [2.75, 3.05) is 67.7 Å². The lowest BCUT2D eigenvalue weighted by molar-refractivity contribution is -0.157. The van der Waals surface area contributed by atoms with E-state index < -0.39 is 156 Å². The molecule has 1 saturated heterocycles. The molecule has 30 nitrogen and oxygen atoms in total. The molecular formula is C91H135ClFN15O15. The van der Waals surface area contributed by atoms with E-state index in [0.29, 0.717) is 64.4 Å². The highest BCUT2D eigenvalue weighted by molar-refractivity contribution is 6.32. The van der Waals surface area contributed by atoms with Crippen LogP contribution in [0.5, 0.6) is 5.75 Å². The molecule has 1 fully saturated rings. The number of nitrogens with zero attached hydrogens (tertiary/aromatic N) is 9. The van der Waals surface area contributed by atoms with Gasteiger partial charge in [-0.3, -0.25) is 57.5 Å². The monoisotopic (exact) mass is 1730 g/mol. The van der Waals surface area contributed by atoms with Crippen molar-refractivity contribution in [3.8, 4) is 17.1 Å². The Hall–Kier alpha value is -10.1. The van der Waals surface area contributed by atoms with Crippen LogP contribution in [-0.4, -0.2) is 249 Å². The van der Waals surface area contributed by atoms with Crippen LogP contribution in [0.3, 0.4) is 0 Å². The lowest BCUT2D eigenvalue weighted by atomic mass is 9.89. The van der Waals surface area contributed by atoms with Crippen LogP contribution in [-0.2, 0) is 70.7 Å². The number of fused-ring (bicyclic) bond motifs is 1. The van der Waals surface area contributed by atoms with E-state index in [0.717, 1.165) is 20.7 Å². The molecule has 2 aromatic heterocycles. The number of amides is 11. The van der Waals surface area contributed by atoms with E-state index in [-0.39, 0.29) is 99.7 Å². The number of carbonyl (C=O) groups is 12. The Bertz CT molecular complexity index is 4460. The van der Waals surface area contributed by atoms with Crippen molar-refractivity contribution in [2.24, 2.45) is 41.4 Å². The maximum Gasteiger partial charge on any atom is 0.246 e. The minimum Gasteiger partial charge on any atom is -0.487 e. The molecule has 32 heteroatoms. The Morgan fingerprint density at radius 2 is 1.15 bits per heavy atom. The second kappa shape index (κ2) is 47.1. The van der Waals surface area contributed by atoms with Gasteiger partial charge in [0, 0.05) is 78.8 Å². The number of aromatic nitrogens is 2. The summed E-state index contributed by atoms with van der Waals surface area (Å²) in [6.07, 6.45) is 1.54. The van der Waals surface area contributed by atoms with Crippen LogP contribution in [0.1, 0.15) is 186 Å². The van der Waals surface area contributed by atoms with E-state index in [2.05, 4.69) is 41.9 Å². The number of carbonyl (C=O) groups excluding carboxylic acids is 12. The highest BCUT2D eigenvalue weighted by Crippen LogP contribution is 2.35. The van der Waals surface area contributed by atoms with Crippen LogP contribution < -0.4 is 36.6 Å². The lowest BCUT2D eigenvalue weighted by Gasteiger charge is -2.41. The molecule has 1 aliphatic heterocycles. The summed E-state index contributed by atoms with van der Waals surface area (Å²) in [6, 6.07) is 7.82. The fourth-order valence-electron chi connectivity index (χ4n) is 15.3. The van der Waals surface area contributed by atoms with Gasteiger partial charge in [-0.05, 0) is 179 Å². The number of aliphatic hydroxyl groups is 1. The summed E-state index contributed by atoms with van der Waals surface area (Å²) in [6.45, 7) is 28.2. The van der Waals surface area contributed by atoms with Gasteiger partial charge in [-0.15, -0.1) is 0 Å². The Morgan fingerprint density at radius 3 is 1.75 bits per heavy atom. The molecule has 3 aromatic carbocycles. The number of ether oxygens (including phenoxy) is 1. The van der Waals surface area contributed by atoms with Crippen LogP contribution in [0.2, 0.25) is 5.02 Å². The molecule has 0 radical (unpaired) electrons. The smallest absolute Gasteiger partial charge is 0.246 e. The summed E-state index contributed by atoms with van der Waals surface area (Å²) in [5.74, 6) is -8.82. The van der Waals surface area contributed by atoms with Crippen molar-refractivity contribution in [3.05, 3.63) is 101 Å². The second-order valence-corrected chi connectivity index (χ2v) is 35.8. The number of aliphatic hydroxyl groups excluding tert-OH is 1. The van der Waals surface area contributed by atoms with Crippen molar-refractivity contribution in [1.29, 1.82) is 0 Å². The summed E-state index contributed by atoms with van der Waals surface area (Å²) in [5.41, 5.74) is 2.76. The van der Waals surface area contributed by atoms with Gasteiger partial charge in [-0.2, -0.15) is 0 Å². The quantitative estimate of drug-likeness (QED) is 0.0219. The zero-order chi connectivity index (χ0) is 91.9. The third-order valence-electron chi connectivity index (χ3n) is 22.6. The van der Waals surface area contributed by atoms with Gasteiger partial charge >= 0.3 is 0 Å². The normalized spacial score (nSPS) is 22.1. The molecule has 12 atom stereocenters. The van der Waals surface area contributed by atoms with Gasteiger partial charge in [0.2, 0.25) is 65.0 Å². The molecule has 11 amide bonds. The molecule has 7 N–H and O–H groups in total. The Morgan fingerprint density at radius 1 is 0.585 bits per heavy atom. The largest absolute Gasteiger partial charge is 0.487 e. The van der Waals surface area contributed by atoms with Gasteiger partial charge in [0.1, 0.15) is 108 Å². The van der Waals surface area contributed by atoms with Crippen LogP contribution in [0.15, 0.2) is 83.5 Å². The molecular weight excluding hydrogens is 1600 g/mol. The average molecular weight is 1730 g/mol. The van der Waals surface area contributed by atoms with Crippen molar-refractivity contribution < 1.29 is 76.2 Å². The molecule has 0 saturated carbocycles. The first kappa shape index (κ1) is 102. The van der Waals surface area contributed by atoms with Gasteiger partial charge in [0.25, 0.3) is 0 Å². The van der Waals surface area contributed by atoms with Crippen LogP contribution >= 0.6 is 11.6 Å². The minimum atomic E-state index is -1.75. The maximum atomic E-state index is 15.6. The average Bonchev–Trinajstić information content (AvgIpc) is 1.01. The fraction of sp³-hybridized carbons (Fsp3) is 0.604. The summed E-state index contributed by atoms with van der Waals surface area (Å²) in [5, 5.41) is 31.4. The number of anilines is 2. The second-order valence-electron chi connectivity index (χ2n) is 35.4. The number of nitrogens with one attached hydrogen (secondary N) is 6. The van der Waals surface area contributed by atoms with Crippen molar-refractivity contribution >= 4 is 105 Å². The number of Topliss-reactive ketones (excluding diaryl/α,β-unsaturated/α-hetero) is 1. The van der Waals surface area contributed by atoms with E-state index in [4.69, 9.17) is 20.8 Å². The SMILES string of the molecule is CC[C@@H]1NC(=O)[C@H]([C@H](O)[C@H](C)CCCC(=O)CCCNCc2ccc(-c3ccc4ncnc(Nc5ccc(OCc6cccc(F)c6)c(Cl)c5)c4c3)o2)N(C)C(=O)[C@H](C(C)C)N(C)C(=O)[C@H](CC(C)C)N(C)C(=O)[C@H](CC(C)C)N(C)C(=O)[C@@H](C)NC(=O)[C@H](C)NC(=O)[C@H](CC(C)C)N(C)C(=O)[C@H](C(C)C)NC(=O)[C@H](CC(C)C)N(C)C(=O)CN(C)C1=O. The number of ketones is 1. The first-order valence-electron chi connectivity index (χ1n) is 43.0. The molecule has 0 aliphatic carbocycles. The Kier molecular flexibility index (Phi) is 38.9. The van der Waals surface area contributed by atoms with E-state index in [1.807, 2.05) is 85.7 Å². The Labute approximate surface area is 730 Å². The summed E-state index contributed by atoms with van der Waals surface area (Å²) in [4.78, 5) is 194. The molecule has 123 heavy (non-hydrogen) atoms. The molecule has 5 aromatic rings. The number of halogens is 2. The topological polar surface area (TPSA) is 368 Å². The van der Waals surface area contributed by atoms with E-state index in [1.54, 1.807) is 71.9 Å². The van der Waals surface area contributed by atoms with Crippen LogP contribution in [0.4, 0.5) is 15.9 Å². The van der Waals surface area contributed by atoms with Gasteiger partial charge in [-0.25, -0.2) is 14.4 Å². The molecule has 1 aliphatic rings. The predicted molar refractivity (Wildman–Crippen MR) is 472 cm³/mol. The Balaban J connectivity index is 1.23. The first-order chi connectivity index (χ1) is 57.8. The standard InChI is InChI=1S/C91H135ClFN15O15/c1-24-68-87(117)102(17)48-76(110)103(18)70(40-51(2)3)84(114)101-77(55(10)11)90(120)104(19)71(41-52(4)5)83(113)97-58(15)82(112)98-59(16)86(116)105(20)72(42-53(6)7)88(118)106(21)73(43-54(8)9)89(119)107(22)78(56(12)13)91(121)108(23)79(85(115)100-68)80(111)57(14)28-25-31-64(109)32-27-39-94-47-65-35-38-74(123-65)61-33-36-69-66(45-61)81(96-50-95-69)99-63-34-37-75(67(92)46-63)122-49-60-29-26-30-62(93)44-60/h26,29-30,33-38,44-46,50-59,68,70-73,77-80,94,111H,24-25,27-28,31-32,39-43,47-49H2,1-23H3,(H,97,113)(H,98,112)(H,100,115)(H,101,114)(H,95,96,99)/t57-,58+,59-,68+,70+,71+,72+,73+,77+,78+,79+,80-/m1/s1. The highest BCUT2D eigenvalue weighted by atomic mass is 35.5. The molecule has 0 spiro atoms. The number of benzene rings is 3. The van der Waals surface area contributed by atoms with Gasteiger partial charge in [-0.1, -0.05) is 121 Å². The van der Waals surface area contributed by atoms with E-state index >= 15 is 19.2 Å². The third-order valence-corrected chi connectivity index (χ3v) is 22.9. The number of furan rings is 1. The third kappa shape index (κ3) is 28.4. The zero-order valence-electron chi connectivity index (χ0n) is 76.2.